The molecule has 1 aromatic carbocycles. The maximum atomic E-state index is 12.7. The monoisotopic (exact) mass is 304 g/mol. The number of aromatic nitrogens is 2. The molecule has 1 aliphatic rings. The maximum Gasteiger partial charge on any atom is 0.261 e. The number of hydrogen-bond acceptors (Lipinski definition) is 5. The molecule has 2 aromatic rings. The van der Waals surface area contributed by atoms with Crippen LogP contribution in [0.4, 0.5) is 0 Å². The van der Waals surface area contributed by atoms with Crippen LogP contribution in [0.3, 0.4) is 0 Å². The van der Waals surface area contributed by atoms with E-state index in [1.165, 1.54) is 0 Å². The minimum Gasteiger partial charge on any atom is -0.493 e. The lowest BCUT2D eigenvalue weighted by Crippen LogP contribution is -2.28. The van der Waals surface area contributed by atoms with Crippen LogP contribution in [0.5, 0.6) is 11.5 Å². The molecular formula is C16H20N2O4. The summed E-state index contributed by atoms with van der Waals surface area (Å²) < 4.78 is 17.7. The first-order chi connectivity index (χ1) is 10.7. The van der Waals surface area contributed by atoms with Crippen molar-refractivity contribution in [2.45, 2.75) is 19.4 Å². The highest BCUT2D eigenvalue weighted by Gasteiger charge is 2.17. The molecule has 1 saturated heterocycles. The van der Waals surface area contributed by atoms with Crippen LogP contribution in [0.1, 0.15) is 12.8 Å². The summed E-state index contributed by atoms with van der Waals surface area (Å²) in [4.78, 5) is 17.0. The molecule has 0 bridgehead atoms. The first kappa shape index (κ1) is 14.8. The fourth-order valence-electron chi connectivity index (χ4n) is 2.85. The average Bonchev–Trinajstić information content (AvgIpc) is 2.57. The minimum absolute atomic E-state index is 0.0588. The van der Waals surface area contributed by atoms with Gasteiger partial charge in [0.1, 0.15) is 0 Å². The molecule has 1 fully saturated rings. The number of methoxy groups -OCH3 is 2. The zero-order chi connectivity index (χ0) is 15.5. The van der Waals surface area contributed by atoms with E-state index in [0.717, 1.165) is 19.4 Å². The van der Waals surface area contributed by atoms with Gasteiger partial charge in [-0.05, 0) is 18.9 Å². The Balaban J connectivity index is 1.99. The third-order valence-electron chi connectivity index (χ3n) is 4.04. The molecule has 6 nitrogen and oxygen atoms in total. The Bertz CT molecular complexity index is 720. The third kappa shape index (κ3) is 2.78. The summed E-state index contributed by atoms with van der Waals surface area (Å²) in [6, 6.07) is 3.42. The van der Waals surface area contributed by atoms with Crippen LogP contribution in [0.2, 0.25) is 0 Å². The van der Waals surface area contributed by atoms with E-state index in [0.29, 0.717) is 41.5 Å². The number of fused-ring (bicyclic) bond motifs is 1. The minimum atomic E-state index is -0.0588. The predicted octanol–water partition coefficient (Wildman–Crippen LogP) is 1.84. The van der Waals surface area contributed by atoms with Crippen molar-refractivity contribution >= 4 is 10.9 Å². The van der Waals surface area contributed by atoms with E-state index in [4.69, 9.17) is 14.2 Å². The Morgan fingerprint density at radius 1 is 1.32 bits per heavy atom. The molecule has 0 N–H and O–H groups in total. The van der Waals surface area contributed by atoms with Gasteiger partial charge in [-0.3, -0.25) is 9.36 Å². The van der Waals surface area contributed by atoms with Gasteiger partial charge in [0.25, 0.3) is 5.56 Å². The molecule has 0 radical (unpaired) electrons. The molecule has 1 aliphatic heterocycles. The van der Waals surface area contributed by atoms with Crippen LogP contribution in [0.25, 0.3) is 10.9 Å². The molecular weight excluding hydrogens is 284 g/mol. The topological polar surface area (TPSA) is 62.6 Å². The lowest BCUT2D eigenvalue weighted by Gasteiger charge is -2.22. The second-order valence-corrected chi connectivity index (χ2v) is 5.51. The summed E-state index contributed by atoms with van der Waals surface area (Å²) in [6.07, 6.45) is 3.73. The lowest BCUT2D eigenvalue weighted by atomic mass is 10.0. The molecule has 0 aliphatic carbocycles. The van der Waals surface area contributed by atoms with Gasteiger partial charge < -0.3 is 14.2 Å². The summed E-state index contributed by atoms with van der Waals surface area (Å²) in [7, 11) is 3.12. The van der Waals surface area contributed by atoms with Crippen LogP contribution in [0, 0.1) is 5.92 Å². The van der Waals surface area contributed by atoms with Crippen LogP contribution in [-0.2, 0) is 11.3 Å². The summed E-state index contributed by atoms with van der Waals surface area (Å²) in [5.74, 6) is 1.47. The van der Waals surface area contributed by atoms with E-state index in [-0.39, 0.29) is 5.56 Å². The maximum absolute atomic E-state index is 12.7. The fourth-order valence-corrected chi connectivity index (χ4v) is 2.85. The van der Waals surface area contributed by atoms with Crippen LogP contribution >= 0.6 is 0 Å². The summed E-state index contributed by atoms with van der Waals surface area (Å²) in [5, 5.41) is 0.539. The quantitative estimate of drug-likeness (QED) is 0.862. The smallest absolute Gasteiger partial charge is 0.261 e. The van der Waals surface area contributed by atoms with E-state index in [1.54, 1.807) is 37.2 Å². The van der Waals surface area contributed by atoms with E-state index < -0.39 is 0 Å². The van der Waals surface area contributed by atoms with Crippen molar-refractivity contribution < 1.29 is 14.2 Å². The Labute approximate surface area is 128 Å². The zero-order valence-electron chi connectivity index (χ0n) is 12.9. The SMILES string of the molecule is COc1cc2ncn(CC3CCCOC3)c(=O)c2cc1OC. The highest BCUT2D eigenvalue weighted by Crippen LogP contribution is 2.29. The molecule has 2 heterocycles. The summed E-state index contributed by atoms with van der Waals surface area (Å²) >= 11 is 0. The van der Waals surface area contributed by atoms with Gasteiger partial charge in [-0.25, -0.2) is 4.98 Å². The molecule has 3 rings (SSSR count). The Kier molecular flexibility index (Phi) is 4.29. The standard InChI is InChI=1S/C16H20N2O4/c1-20-14-6-12-13(7-15(14)21-2)17-10-18(16(12)19)8-11-4-3-5-22-9-11/h6-7,10-11H,3-5,8-9H2,1-2H3. The normalized spacial score (nSPS) is 18.4. The van der Waals surface area contributed by atoms with E-state index >= 15 is 0 Å². The van der Waals surface area contributed by atoms with Gasteiger partial charge in [0.05, 0.1) is 38.1 Å². The molecule has 0 amide bonds. The number of ether oxygens (including phenoxy) is 3. The summed E-state index contributed by atoms with van der Waals surface area (Å²) in [5.41, 5.74) is 0.551. The number of nitrogens with zero attached hydrogens (tertiary/aromatic N) is 2. The molecule has 1 atom stereocenters. The molecule has 1 unspecified atom stereocenters. The molecule has 22 heavy (non-hydrogen) atoms. The Hall–Kier alpha value is -2.08. The fraction of sp³-hybridized carbons (Fsp3) is 0.500. The van der Waals surface area contributed by atoms with Gasteiger partial charge >= 0.3 is 0 Å². The molecule has 1 aromatic heterocycles. The van der Waals surface area contributed by atoms with Crippen molar-refractivity contribution in [3.63, 3.8) is 0 Å². The van der Waals surface area contributed by atoms with Crippen molar-refractivity contribution in [1.82, 2.24) is 9.55 Å². The zero-order valence-corrected chi connectivity index (χ0v) is 12.9. The highest BCUT2D eigenvalue weighted by atomic mass is 16.5. The summed E-state index contributed by atoms with van der Waals surface area (Å²) in [6.45, 7) is 2.16. The van der Waals surface area contributed by atoms with Gasteiger partial charge in [0.2, 0.25) is 0 Å². The first-order valence-electron chi connectivity index (χ1n) is 7.42. The number of rotatable bonds is 4. The Morgan fingerprint density at radius 3 is 2.77 bits per heavy atom. The van der Waals surface area contributed by atoms with Crippen molar-refractivity contribution in [3.05, 3.63) is 28.8 Å². The van der Waals surface area contributed by atoms with Crippen molar-refractivity contribution in [2.24, 2.45) is 5.92 Å². The first-order valence-corrected chi connectivity index (χ1v) is 7.42. The van der Waals surface area contributed by atoms with Crippen LogP contribution in [0.15, 0.2) is 23.3 Å². The number of hydrogen-bond donors (Lipinski definition) is 0. The second kappa shape index (κ2) is 6.36. The van der Waals surface area contributed by atoms with Crippen molar-refractivity contribution in [3.8, 4) is 11.5 Å². The van der Waals surface area contributed by atoms with Crippen LogP contribution in [-0.4, -0.2) is 37.0 Å². The van der Waals surface area contributed by atoms with Gasteiger partial charge in [-0.15, -0.1) is 0 Å². The molecule has 0 saturated carbocycles. The van der Waals surface area contributed by atoms with Gasteiger partial charge in [-0.1, -0.05) is 0 Å². The van der Waals surface area contributed by atoms with E-state index in [1.807, 2.05) is 0 Å². The van der Waals surface area contributed by atoms with Crippen molar-refractivity contribution in [2.75, 3.05) is 27.4 Å². The Morgan fingerprint density at radius 2 is 2.09 bits per heavy atom. The molecule has 0 spiro atoms. The molecule has 6 heteroatoms. The molecule has 118 valence electrons. The number of benzene rings is 1. The highest BCUT2D eigenvalue weighted by molar-refractivity contribution is 5.81. The van der Waals surface area contributed by atoms with Gasteiger partial charge in [0, 0.05) is 25.1 Å². The predicted molar refractivity (Wildman–Crippen MR) is 82.7 cm³/mol. The van der Waals surface area contributed by atoms with Gasteiger partial charge in [0.15, 0.2) is 11.5 Å². The van der Waals surface area contributed by atoms with Crippen molar-refractivity contribution in [1.29, 1.82) is 0 Å². The van der Waals surface area contributed by atoms with E-state index in [2.05, 4.69) is 4.98 Å². The average molecular weight is 304 g/mol. The van der Waals surface area contributed by atoms with E-state index in [9.17, 15) is 4.79 Å². The third-order valence-corrected chi connectivity index (χ3v) is 4.04. The van der Waals surface area contributed by atoms with Crippen LogP contribution < -0.4 is 15.0 Å². The van der Waals surface area contributed by atoms with Gasteiger partial charge in [-0.2, -0.15) is 0 Å². The second-order valence-electron chi connectivity index (χ2n) is 5.51. The largest absolute Gasteiger partial charge is 0.493 e. The lowest BCUT2D eigenvalue weighted by molar-refractivity contribution is 0.0479.